The molecule has 26 heavy (non-hydrogen) atoms. The SMILES string of the molecule is COc1ccc(/C=N\NC(=O)C(=O)N[C@@H](C)c2ccccc2)c(OC)c1. The number of benzene rings is 2. The van der Waals surface area contributed by atoms with Crippen molar-refractivity contribution >= 4 is 18.0 Å². The van der Waals surface area contributed by atoms with Crippen LogP contribution >= 0.6 is 0 Å². The average Bonchev–Trinajstić information content (AvgIpc) is 2.68. The molecule has 0 fully saturated rings. The van der Waals surface area contributed by atoms with E-state index in [-0.39, 0.29) is 6.04 Å². The van der Waals surface area contributed by atoms with Gasteiger partial charge < -0.3 is 14.8 Å². The Balaban J connectivity index is 1.93. The van der Waals surface area contributed by atoms with Crippen LogP contribution in [0.3, 0.4) is 0 Å². The van der Waals surface area contributed by atoms with E-state index in [0.717, 1.165) is 5.56 Å². The van der Waals surface area contributed by atoms with Crippen LogP contribution < -0.4 is 20.2 Å². The molecule has 2 rings (SSSR count). The van der Waals surface area contributed by atoms with Gasteiger partial charge in [0.25, 0.3) is 0 Å². The van der Waals surface area contributed by atoms with E-state index in [1.54, 1.807) is 32.2 Å². The summed E-state index contributed by atoms with van der Waals surface area (Å²) in [4.78, 5) is 23.8. The van der Waals surface area contributed by atoms with E-state index in [4.69, 9.17) is 9.47 Å². The lowest BCUT2D eigenvalue weighted by Crippen LogP contribution is -2.39. The van der Waals surface area contributed by atoms with Gasteiger partial charge in [-0.05, 0) is 24.6 Å². The molecular formula is C19H21N3O4. The summed E-state index contributed by atoms with van der Waals surface area (Å²) in [5.41, 5.74) is 3.73. The molecule has 0 saturated heterocycles. The first-order valence-corrected chi connectivity index (χ1v) is 7.96. The van der Waals surface area contributed by atoms with Crippen molar-refractivity contribution < 1.29 is 19.1 Å². The van der Waals surface area contributed by atoms with Gasteiger partial charge in [-0.25, -0.2) is 5.43 Å². The molecule has 7 nitrogen and oxygen atoms in total. The van der Waals surface area contributed by atoms with Crippen LogP contribution in [0.25, 0.3) is 0 Å². The van der Waals surface area contributed by atoms with Gasteiger partial charge in [-0.3, -0.25) is 9.59 Å². The van der Waals surface area contributed by atoms with Gasteiger partial charge in [0, 0.05) is 11.6 Å². The number of nitrogens with one attached hydrogen (secondary N) is 2. The molecule has 0 heterocycles. The van der Waals surface area contributed by atoms with Gasteiger partial charge in [0.15, 0.2) is 0 Å². The van der Waals surface area contributed by atoms with Crippen molar-refractivity contribution in [3.63, 3.8) is 0 Å². The molecule has 2 aromatic rings. The van der Waals surface area contributed by atoms with Crippen molar-refractivity contribution in [1.29, 1.82) is 0 Å². The minimum Gasteiger partial charge on any atom is -0.497 e. The van der Waals surface area contributed by atoms with Crippen molar-refractivity contribution in [3.8, 4) is 11.5 Å². The highest BCUT2D eigenvalue weighted by Gasteiger charge is 2.16. The maximum absolute atomic E-state index is 11.9. The molecule has 0 aromatic heterocycles. The Labute approximate surface area is 152 Å². The van der Waals surface area contributed by atoms with Crippen molar-refractivity contribution in [1.82, 2.24) is 10.7 Å². The highest BCUT2D eigenvalue weighted by molar-refractivity contribution is 6.35. The van der Waals surface area contributed by atoms with Gasteiger partial charge in [0.1, 0.15) is 11.5 Å². The Kier molecular flexibility index (Phi) is 6.73. The van der Waals surface area contributed by atoms with E-state index in [1.807, 2.05) is 30.3 Å². The first kappa shape index (κ1) is 19.0. The number of methoxy groups -OCH3 is 2. The summed E-state index contributed by atoms with van der Waals surface area (Å²) in [7, 11) is 3.07. The maximum atomic E-state index is 11.9. The Morgan fingerprint density at radius 1 is 1.04 bits per heavy atom. The van der Waals surface area contributed by atoms with Gasteiger partial charge >= 0.3 is 11.8 Å². The van der Waals surface area contributed by atoms with Crippen LogP contribution in [0.15, 0.2) is 53.6 Å². The second kappa shape index (κ2) is 9.22. The predicted molar refractivity (Wildman–Crippen MR) is 98.3 cm³/mol. The van der Waals surface area contributed by atoms with Gasteiger partial charge in [-0.1, -0.05) is 30.3 Å². The quantitative estimate of drug-likeness (QED) is 0.471. The number of hydrazone groups is 1. The summed E-state index contributed by atoms with van der Waals surface area (Å²) in [5.74, 6) is -0.446. The zero-order valence-electron chi connectivity index (χ0n) is 14.9. The van der Waals surface area contributed by atoms with Gasteiger partial charge in [-0.2, -0.15) is 5.10 Å². The minimum absolute atomic E-state index is 0.292. The highest BCUT2D eigenvalue weighted by Crippen LogP contribution is 2.22. The summed E-state index contributed by atoms with van der Waals surface area (Å²) in [6.45, 7) is 1.80. The first-order valence-electron chi connectivity index (χ1n) is 7.96. The van der Waals surface area contributed by atoms with Crippen LogP contribution in [0.4, 0.5) is 0 Å². The molecule has 7 heteroatoms. The topological polar surface area (TPSA) is 89.0 Å². The molecule has 0 unspecified atom stereocenters. The molecule has 0 bridgehead atoms. The molecule has 2 amide bonds. The monoisotopic (exact) mass is 355 g/mol. The van der Waals surface area contributed by atoms with Gasteiger partial charge in [0.2, 0.25) is 0 Å². The third-order valence-corrected chi connectivity index (χ3v) is 3.66. The van der Waals surface area contributed by atoms with E-state index >= 15 is 0 Å². The highest BCUT2D eigenvalue weighted by atomic mass is 16.5. The summed E-state index contributed by atoms with van der Waals surface area (Å²) < 4.78 is 10.3. The van der Waals surface area contributed by atoms with E-state index in [9.17, 15) is 9.59 Å². The zero-order chi connectivity index (χ0) is 18.9. The standard InChI is InChI=1S/C19H21N3O4/c1-13(14-7-5-4-6-8-14)21-18(23)19(24)22-20-12-15-9-10-16(25-2)11-17(15)26-3/h4-13H,1-3H3,(H,21,23)(H,22,24)/b20-12-/t13-/m0/s1. The van der Waals surface area contributed by atoms with Crippen LogP contribution in [0.5, 0.6) is 11.5 Å². The Morgan fingerprint density at radius 3 is 2.42 bits per heavy atom. The van der Waals surface area contributed by atoms with Crippen LogP contribution in [-0.4, -0.2) is 32.2 Å². The van der Waals surface area contributed by atoms with Crippen LogP contribution in [0.1, 0.15) is 24.1 Å². The lowest BCUT2D eigenvalue weighted by Gasteiger charge is -2.13. The number of carbonyl (C=O) groups excluding carboxylic acids is 2. The maximum Gasteiger partial charge on any atom is 0.329 e. The lowest BCUT2D eigenvalue weighted by atomic mass is 10.1. The van der Waals surface area contributed by atoms with Crippen LogP contribution in [-0.2, 0) is 9.59 Å². The largest absolute Gasteiger partial charge is 0.497 e. The van der Waals surface area contributed by atoms with Crippen LogP contribution in [0.2, 0.25) is 0 Å². The van der Waals surface area contributed by atoms with E-state index in [2.05, 4.69) is 15.8 Å². The van der Waals surface area contributed by atoms with Crippen LogP contribution in [0, 0.1) is 0 Å². The molecule has 0 aliphatic heterocycles. The lowest BCUT2D eigenvalue weighted by molar-refractivity contribution is -0.139. The van der Waals surface area contributed by atoms with Crippen molar-refractivity contribution in [3.05, 3.63) is 59.7 Å². The number of carbonyl (C=O) groups is 2. The van der Waals surface area contributed by atoms with E-state index < -0.39 is 11.8 Å². The van der Waals surface area contributed by atoms with E-state index in [0.29, 0.717) is 17.1 Å². The number of ether oxygens (including phenoxy) is 2. The summed E-state index contributed by atoms with van der Waals surface area (Å²) >= 11 is 0. The van der Waals surface area contributed by atoms with Crippen molar-refractivity contribution in [2.45, 2.75) is 13.0 Å². The third kappa shape index (κ3) is 5.07. The second-order valence-electron chi connectivity index (χ2n) is 5.41. The average molecular weight is 355 g/mol. The molecule has 0 aliphatic carbocycles. The molecule has 1 atom stereocenters. The molecule has 0 radical (unpaired) electrons. The smallest absolute Gasteiger partial charge is 0.329 e. The van der Waals surface area contributed by atoms with Crippen molar-refractivity contribution in [2.75, 3.05) is 14.2 Å². The molecule has 136 valence electrons. The van der Waals surface area contributed by atoms with E-state index in [1.165, 1.54) is 13.3 Å². The summed E-state index contributed by atoms with van der Waals surface area (Å²) in [6.07, 6.45) is 1.39. The Morgan fingerprint density at radius 2 is 1.77 bits per heavy atom. The summed E-state index contributed by atoms with van der Waals surface area (Å²) in [5, 5.41) is 6.42. The third-order valence-electron chi connectivity index (χ3n) is 3.66. The fourth-order valence-electron chi connectivity index (χ4n) is 2.22. The summed E-state index contributed by atoms with van der Waals surface area (Å²) in [6, 6.07) is 14.2. The first-order chi connectivity index (χ1) is 12.5. The Bertz CT molecular complexity index is 791. The number of hydrogen-bond donors (Lipinski definition) is 2. The normalized spacial score (nSPS) is 11.7. The second-order valence-corrected chi connectivity index (χ2v) is 5.41. The van der Waals surface area contributed by atoms with Gasteiger partial charge in [0.05, 0.1) is 26.5 Å². The molecule has 0 spiro atoms. The molecule has 2 N–H and O–H groups in total. The molecular weight excluding hydrogens is 334 g/mol. The van der Waals surface area contributed by atoms with Crippen molar-refractivity contribution in [2.24, 2.45) is 5.10 Å². The Hall–Kier alpha value is -3.35. The number of rotatable bonds is 6. The fraction of sp³-hybridized carbons (Fsp3) is 0.211. The molecule has 0 saturated carbocycles. The minimum atomic E-state index is -0.850. The predicted octanol–water partition coefficient (Wildman–Crippen LogP) is 2.03. The number of amides is 2. The number of nitrogens with zero attached hydrogens (tertiary/aromatic N) is 1. The number of hydrogen-bond acceptors (Lipinski definition) is 5. The molecule has 2 aromatic carbocycles. The molecule has 0 aliphatic rings. The zero-order valence-corrected chi connectivity index (χ0v) is 14.9. The fourth-order valence-corrected chi connectivity index (χ4v) is 2.22. The van der Waals surface area contributed by atoms with Gasteiger partial charge in [-0.15, -0.1) is 0 Å².